The molecule has 0 radical (unpaired) electrons. The lowest BCUT2D eigenvalue weighted by Gasteiger charge is -2.03. The lowest BCUT2D eigenvalue weighted by molar-refractivity contribution is -0.385. The van der Waals surface area contributed by atoms with Crippen molar-refractivity contribution in [1.82, 2.24) is 10.3 Å². The molecule has 8 heteroatoms. The molecule has 1 aliphatic heterocycles. The van der Waals surface area contributed by atoms with Crippen molar-refractivity contribution in [2.45, 2.75) is 0 Å². The molecule has 3 amide bonds. The Morgan fingerprint density at radius 3 is 2.72 bits per heavy atom. The largest absolute Gasteiger partial charge is 0.345 e. The predicted octanol–water partition coefficient (Wildman–Crippen LogP) is 0.480. The lowest BCUT2D eigenvalue weighted by atomic mass is 10.2. The van der Waals surface area contributed by atoms with Crippen molar-refractivity contribution in [1.29, 1.82) is 0 Å². The van der Waals surface area contributed by atoms with E-state index in [2.05, 4.69) is 10.4 Å². The van der Waals surface area contributed by atoms with E-state index < -0.39 is 16.9 Å². The van der Waals surface area contributed by atoms with E-state index in [0.717, 1.165) is 6.21 Å². The van der Waals surface area contributed by atoms with Gasteiger partial charge in [-0.1, -0.05) is 12.1 Å². The fourth-order valence-corrected chi connectivity index (χ4v) is 1.41. The molecule has 18 heavy (non-hydrogen) atoms. The van der Waals surface area contributed by atoms with Crippen LogP contribution in [0.4, 0.5) is 10.5 Å². The first-order valence-corrected chi connectivity index (χ1v) is 4.98. The van der Waals surface area contributed by atoms with E-state index in [4.69, 9.17) is 0 Å². The molecule has 0 atom stereocenters. The molecule has 0 unspecified atom stereocenters. The third-order valence-corrected chi connectivity index (χ3v) is 2.27. The van der Waals surface area contributed by atoms with Gasteiger partial charge in [-0.25, -0.2) is 4.79 Å². The number of para-hydroxylation sites is 1. The topological polar surface area (TPSA) is 105 Å². The van der Waals surface area contributed by atoms with E-state index >= 15 is 0 Å². The number of benzene rings is 1. The number of hydrazone groups is 1. The molecule has 1 N–H and O–H groups in total. The van der Waals surface area contributed by atoms with E-state index in [0.29, 0.717) is 5.01 Å². The zero-order valence-corrected chi connectivity index (χ0v) is 9.07. The monoisotopic (exact) mass is 248 g/mol. The summed E-state index contributed by atoms with van der Waals surface area (Å²) in [7, 11) is 0. The van der Waals surface area contributed by atoms with Crippen molar-refractivity contribution in [2.24, 2.45) is 5.10 Å². The summed E-state index contributed by atoms with van der Waals surface area (Å²) in [4.78, 5) is 32.6. The van der Waals surface area contributed by atoms with E-state index in [1.165, 1.54) is 18.2 Å². The summed E-state index contributed by atoms with van der Waals surface area (Å²) in [5, 5.41) is 17.3. The van der Waals surface area contributed by atoms with Crippen molar-refractivity contribution in [2.75, 3.05) is 6.54 Å². The third kappa shape index (κ3) is 2.17. The van der Waals surface area contributed by atoms with Gasteiger partial charge in [-0.15, -0.1) is 5.01 Å². The summed E-state index contributed by atoms with van der Waals surface area (Å²) in [5.41, 5.74) is 0.0725. The highest BCUT2D eigenvalue weighted by Crippen LogP contribution is 2.15. The van der Waals surface area contributed by atoms with E-state index in [1.54, 1.807) is 6.07 Å². The lowest BCUT2D eigenvalue weighted by Crippen LogP contribution is -2.25. The van der Waals surface area contributed by atoms with Gasteiger partial charge in [0.2, 0.25) is 0 Å². The summed E-state index contributed by atoms with van der Waals surface area (Å²) in [6.07, 6.45) is 1.11. The number of rotatable bonds is 3. The highest BCUT2D eigenvalue weighted by atomic mass is 16.6. The van der Waals surface area contributed by atoms with Crippen LogP contribution < -0.4 is 5.32 Å². The summed E-state index contributed by atoms with van der Waals surface area (Å²) in [5.74, 6) is -0.505. The molecule has 1 saturated heterocycles. The number of urea groups is 1. The zero-order valence-electron chi connectivity index (χ0n) is 9.07. The van der Waals surface area contributed by atoms with Crippen LogP contribution in [0.15, 0.2) is 29.4 Å². The van der Waals surface area contributed by atoms with E-state index in [1.807, 2.05) is 0 Å². The maximum Gasteiger partial charge on any atom is 0.345 e. The smallest absolute Gasteiger partial charge is 0.327 e. The molecular formula is C10H8N4O4. The Morgan fingerprint density at radius 2 is 2.11 bits per heavy atom. The molecule has 0 aliphatic carbocycles. The predicted molar refractivity (Wildman–Crippen MR) is 60.9 cm³/mol. The summed E-state index contributed by atoms with van der Waals surface area (Å²) >= 11 is 0. The molecule has 92 valence electrons. The highest BCUT2D eigenvalue weighted by molar-refractivity contribution is 6.02. The Kier molecular flexibility index (Phi) is 3.00. The molecule has 8 nitrogen and oxygen atoms in total. The molecule has 1 fully saturated rings. The van der Waals surface area contributed by atoms with Gasteiger partial charge in [0.1, 0.15) is 6.54 Å². The molecule has 1 aromatic carbocycles. The minimum absolute atomic E-state index is 0.118. The Bertz CT molecular complexity index is 539. The maximum absolute atomic E-state index is 11.2. The number of nitro benzene ring substituents is 1. The van der Waals surface area contributed by atoms with Crippen molar-refractivity contribution in [3.05, 3.63) is 39.9 Å². The van der Waals surface area contributed by atoms with Gasteiger partial charge in [0, 0.05) is 6.07 Å². The van der Waals surface area contributed by atoms with Crippen molar-refractivity contribution in [3.8, 4) is 0 Å². The molecule has 0 saturated carbocycles. The van der Waals surface area contributed by atoms with Gasteiger partial charge >= 0.3 is 6.03 Å². The Balaban J connectivity index is 2.26. The fourth-order valence-electron chi connectivity index (χ4n) is 1.41. The minimum atomic E-state index is -0.644. The number of nitrogens with zero attached hydrogens (tertiary/aromatic N) is 3. The normalized spacial score (nSPS) is 15.2. The number of hydrogen-bond acceptors (Lipinski definition) is 5. The minimum Gasteiger partial charge on any atom is -0.327 e. The number of nitro groups is 1. The maximum atomic E-state index is 11.2. The average molecular weight is 248 g/mol. The van der Waals surface area contributed by atoms with Gasteiger partial charge in [0.25, 0.3) is 11.6 Å². The van der Waals surface area contributed by atoms with Crippen molar-refractivity contribution < 1.29 is 14.5 Å². The second kappa shape index (κ2) is 4.62. The van der Waals surface area contributed by atoms with Crippen LogP contribution in [0.25, 0.3) is 0 Å². The van der Waals surface area contributed by atoms with Gasteiger partial charge in [-0.05, 0) is 6.07 Å². The van der Waals surface area contributed by atoms with Crippen LogP contribution in [-0.4, -0.2) is 34.6 Å². The summed E-state index contributed by atoms with van der Waals surface area (Å²) in [6.45, 7) is -0.118. The Labute approximate surface area is 101 Å². The highest BCUT2D eigenvalue weighted by Gasteiger charge is 2.28. The molecule has 0 spiro atoms. The molecule has 1 aromatic rings. The number of amides is 3. The molecule has 1 aliphatic rings. The number of nitrogens with one attached hydrogen (secondary N) is 1. The standard InChI is InChI=1S/C10H8N4O4/c15-9-6-11-10(16)13(9)12-5-7-3-1-2-4-8(7)14(17)18/h1-5H,6H2,(H,11,16). The molecule has 0 bridgehead atoms. The summed E-state index contributed by atoms with van der Waals surface area (Å²) in [6, 6.07) is 5.26. The Hall–Kier alpha value is -2.77. The first-order chi connectivity index (χ1) is 8.59. The number of imide groups is 1. The van der Waals surface area contributed by atoms with E-state index in [9.17, 15) is 19.7 Å². The van der Waals surface area contributed by atoms with Crippen LogP contribution >= 0.6 is 0 Å². The molecule has 1 heterocycles. The van der Waals surface area contributed by atoms with Gasteiger partial charge in [0.15, 0.2) is 0 Å². The molecule has 2 rings (SSSR count). The molecule has 0 aromatic heterocycles. The fraction of sp³-hybridized carbons (Fsp3) is 0.100. The second-order valence-electron chi connectivity index (χ2n) is 3.42. The molecular weight excluding hydrogens is 240 g/mol. The SMILES string of the molecule is O=C1CNC(=O)N1N=Cc1ccccc1[N+](=O)[O-]. The van der Waals surface area contributed by atoms with Gasteiger partial charge in [-0.3, -0.25) is 14.9 Å². The van der Waals surface area contributed by atoms with Crippen LogP contribution in [0.3, 0.4) is 0 Å². The first-order valence-electron chi connectivity index (χ1n) is 4.98. The van der Waals surface area contributed by atoms with Crippen LogP contribution in [0, 0.1) is 10.1 Å². The third-order valence-electron chi connectivity index (χ3n) is 2.27. The quantitative estimate of drug-likeness (QED) is 0.363. The first kappa shape index (κ1) is 11.7. The van der Waals surface area contributed by atoms with Gasteiger partial charge in [-0.2, -0.15) is 5.10 Å². The summed E-state index contributed by atoms with van der Waals surface area (Å²) < 4.78 is 0. The van der Waals surface area contributed by atoms with Crippen LogP contribution in [-0.2, 0) is 4.79 Å². The van der Waals surface area contributed by atoms with Crippen molar-refractivity contribution in [3.63, 3.8) is 0 Å². The van der Waals surface area contributed by atoms with Crippen molar-refractivity contribution >= 4 is 23.8 Å². The number of carbonyl (C=O) groups excluding carboxylic acids is 2. The second-order valence-corrected chi connectivity index (χ2v) is 3.42. The van der Waals surface area contributed by atoms with E-state index in [-0.39, 0.29) is 17.8 Å². The number of hydrogen-bond donors (Lipinski definition) is 1. The van der Waals surface area contributed by atoms with Crippen LogP contribution in [0.2, 0.25) is 0 Å². The van der Waals surface area contributed by atoms with Gasteiger partial charge < -0.3 is 5.32 Å². The zero-order chi connectivity index (χ0) is 13.1. The van der Waals surface area contributed by atoms with Gasteiger partial charge in [0.05, 0.1) is 16.7 Å². The van der Waals surface area contributed by atoms with Crippen LogP contribution in [0.5, 0.6) is 0 Å². The van der Waals surface area contributed by atoms with Crippen LogP contribution in [0.1, 0.15) is 5.56 Å². The average Bonchev–Trinajstić information content (AvgIpc) is 2.67. The number of carbonyl (C=O) groups is 2. The Morgan fingerprint density at radius 1 is 1.39 bits per heavy atom.